The van der Waals surface area contributed by atoms with Crippen LogP contribution < -0.4 is 0 Å². The molecule has 2 atom stereocenters. The van der Waals surface area contributed by atoms with Crippen molar-refractivity contribution < 1.29 is 25.7 Å². The molecule has 0 aromatic heterocycles. The molecule has 7 heteroatoms. The summed E-state index contributed by atoms with van der Waals surface area (Å²) < 4.78 is 30.7. The van der Waals surface area contributed by atoms with Crippen molar-refractivity contribution in [2.75, 3.05) is 0 Å². The van der Waals surface area contributed by atoms with E-state index in [-0.39, 0.29) is 13.2 Å². The minimum absolute atomic E-state index is 0. The van der Waals surface area contributed by atoms with Gasteiger partial charge in [0, 0.05) is 0 Å². The molecule has 0 aliphatic rings. The summed E-state index contributed by atoms with van der Waals surface area (Å²) in [4.78, 5) is 0. The van der Waals surface area contributed by atoms with E-state index in [9.17, 15) is 8.42 Å². The molecule has 0 radical (unpaired) electrons. The van der Waals surface area contributed by atoms with E-state index in [2.05, 4.69) is 48.2 Å². The van der Waals surface area contributed by atoms with Crippen LogP contribution in [-0.2, 0) is 33.1 Å². The Hall–Kier alpha value is -1.56. The number of hydrogen-bond acceptors (Lipinski definition) is 2. The average molecular weight is 600 g/mol. The van der Waals surface area contributed by atoms with Crippen molar-refractivity contribution in [3.8, 4) is 0 Å². The van der Waals surface area contributed by atoms with Gasteiger partial charge in [-0.15, -0.1) is 12.1 Å². The number of halogens is 1. The van der Waals surface area contributed by atoms with Crippen LogP contribution in [0.2, 0.25) is 0 Å². The van der Waals surface area contributed by atoms with Crippen LogP contribution in [0.5, 0.6) is 0 Å². The molecule has 2 unspecified atom stereocenters. The first-order valence-corrected chi connectivity index (χ1v) is 15.0. The summed E-state index contributed by atoms with van der Waals surface area (Å²) in [5, 5.41) is 0. The number of rotatable bonds is 9. The zero-order valence-electron chi connectivity index (χ0n) is 20.9. The van der Waals surface area contributed by atoms with Gasteiger partial charge in [-0.3, -0.25) is 0 Å². The van der Waals surface area contributed by atoms with E-state index >= 15 is 0 Å². The Morgan fingerprint density at radius 2 is 1.20 bits per heavy atom. The summed E-state index contributed by atoms with van der Waals surface area (Å²) in [7, 11) is 0.754. The molecule has 0 heterocycles. The Morgan fingerprint density at radius 1 is 0.771 bits per heavy atom. The van der Waals surface area contributed by atoms with Crippen LogP contribution in [0.4, 0.5) is 0 Å². The van der Waals surface area contributed by atoms with E-state index < -0.39 is 22.1 Å². The molecule has 0 saturated heterocycles. The Labute approximate surface area is 226 Å². The van der Waals surface area contributed by atoms with E-state index in [1.54, 1.807) is 0 Å². The van der Waals surface area contributed by atoms with Crippen LogP contribution >= 0.6 is 9.69 Å². The molecule has 0 aliphatic heterocycles. The molecule has 0 aliphatic carbocycles. The maximum atomic E-state index is 13.2. The van der Waals surface area contributed by atoms with Gasteiger partial charge in [0.25, 0.3) is 0 Å². The Balaban J connectivity index is 0.00000199. The second-order valence-corrected chi connectivity index (χ2v) is 10.6. The SMILES string of the molecule is CC(C)c1cc(CS(=O)(=O)[N-]C(c2ccccc2)C([NH-])c2ccccc2)cc(C(C)C)c1.[CH3-].[Cl][Ru+3]. The number of benzene rings is 3. The van der Waals surface area contributed by atoms with E-state index in [0.29, 0.717) is 11.8 Å². The van der Waals surface area contributed by atoms with Crippen molar-refractivity contribution in [2.24, 2.45) is 0 Å². The van der Waals surface area contributed by atoms with E-state index in [0.717, 1.165) is 27.8 Å². The first-order chi connectivity index (χ1) is 16.2. The monoisotopic (exact) mass is 600 g/mol. The second kappa shape index (κ2) is 14.9. The zero-order valence-corrected chi connectivity index (χ0v) is 24.2. The number of nitrogens with one attached hydrogen (secondary N) is 1. The van der Waals surface area contributed by atoms with E-state index in [4.69, 9.17) is 5.73 Å². The van der Waals surface area contributed by atoms with Crippen LogP contribution in [0, 0.1) is 7.43 Å². The average Bonchev–Trinajstić information content (AvgIpc) is 2.84. The van der Waals surface area contributed by atoms with Gasteiger partial charge < -0.3 is 17.9 Å². The number of hydrogen-bond donors (Lipinski definition) is 0. The fraction of sp³-hybridized carbons (Fsp3) is 0.321. The summed E-state index contributed by atoms with van der Waals surface area (Å²) in [6, 6.07) is 23.0. The summed E-state index contributed by atoms with van der Waals surface area (Å²) in [5.74, 6) is 0.442. The van der Waals surface area contributed by atoms with Crippen LogP contribution in [0.15, 0.2) is 78.9 Å². The molecule has 0 saturated carbocycles. The summed E-state index contributed by atoms with van der Waals surface area (Å²) in [5.41, 5.74) is 13.3. The van der Waals surface area contributed by atoms with Gasteiger partial charge in [0.1, 0.15) is 0 Å². The molecule has 190 valence electrons. The van der Waals surface area contributed by atoms with Gasteiger partial charge in [-0.25, -0.2) is 8.42 Å². The predicted octanol–water partition coefficient (Wildman–Crippen LogP) is 8.81. The van der Waals surface area contributed by atoms with Gasteiger partial charge >= 0.3 is 27.0 Å². The molecular weight excluding hydrogens is 565 g/mol. The quantitative estimate of drug-likeness (QED) is 0.182. The topological polar surface area (TPSA) is 72.0 Å². The molecule has 1 N–H and O–H groups in total. The van der Waals surface area contributed by atoms with Crippen LogP contribution in [0.1, 0.15) is 79.4 Å². The minimum atomic E-state index is -3.81. The predicted molar refractivity (Wildman–Crippen MR) is 146 cm³/mol. The molecular formula is C28H35ClN2O2RuS. The summed E-state index contributed by atoms with van der Waals surface area (Å²) in [6.45, 7) is 8.44. The molecule has 4 nitrogen and oxygen atoms in total. The van der Waals surface area contributed by atoms with Gasteiger partial charge in [0.15, 0.2) is 0 Å². The maximum absolute atomic E-state index is 13.2. The first-order valence-electron chi connectivity index (χ1n) is 11.2. The van der Waals surface area contributed by atoms with Crippen molar-refractivity contribution in [3.05, 3.63) is 125 Å². The Morgan fingerprint density at radius 3 is 1.63 bits per heavy atom. The van der Waals surface area contributed by atoms with Crippen molar-refractivity contribution in [1.29, 1.82) is 0 Å². The molecule has 0 amide bonds. The van der Waals surface area contributed by atoms with Crippen LogP contribution in [0.25, 0.3) is 10.5 Å². The van der Waals surface area contributed by atoms with Gasteiger partial charge in [-0.05, 0) is 28.5 Å². The number of nitrogens with zero attached hydrogens (tertiary/aromatic N) is 1. The first kappa shape index (κ1) is 31.5. The Bertz CT molecular complexity index is 1100. The summed E-state index contributed by atoms with van der Waals surface area (Å²) >= 11 is 1.82. The van der Waals surface area contributed by atoms with Crippen molar-refractivity contribution in [2.45, 2.75) is 57.4 Å². The second-order valence-electron chi connectivity index (χ2n) is 8.89. The zero-order chi connectivity index (χ0) is 25.3. The van der Waals surface area contributed by atoms with E-state index in [1.165, 1.54) is 0 Å². The molecule has 3 rings (SSSR count). The molecule has 0 bridgehead atoms. The van der Waals surface area contributed by atoms with Crippen molar-refractivity contribution >= 4 is 19.7 Å². The molecule has 3 aromatic rings. The van der Waals surface area contributed by atoms with Crippen LogP contribution in [0.3, 0.4) is 0 Å². The standard InChI is InChI=1S/C27H32N2O2S.CH3.ClH.Ru/c1-19(2)24-15-21(16-25(17-24)20(3)4)18-32(30,31)29-27(23-13-9-6-10-14-23)26(28)22-11-7-5-8-12-22;;;/h5-17,19-20,26-28H,18H2,1-4H3;1H3;1H;/q-2;-1;;+4/p-1. The van der Waals surface area contributed by atoms with Gasteiger partial charge in [-0.2, -0.15) is 0 Å². The molecule has 0 fully saturated rings. The fourth-order valence-electron chi connectivity index (χ4n) is 3.72. The Kier molecular flexibility index (Phi) is 13.4. The third-order valence-electron chi connectivity index (χ3n) is 5.61. The number of sulfonamides is 1. The normalized spacial score (nSPS) is 12.9. The van der Waals surface area contributed by atoms with Gasteiger partial charge in [0.05, 0.1) is 15.8 Å². The molecule has 0 spiro atoms. The van der Waals surface area contributed by atoms with Gasteiger partial charge in [0.2, 0.25) is 0 Å². The van der Waals surface area contributed by atoms with Crippen molar-refractivity contribution in [1.82, 2.24) is 0 Å². The molecule has 35 heavy (non-hydrogen) atoms. The third-order valence-corrected chi connectivity index (χ3v) is 6.86. The summed E-state index contributed by atoms with van der Waals surface area (Å²) in [6.07, 6.45) is 0. The van der Waals surface area contributed by atoms with Crippen molar-refractivity contribution in [3.63, 3.8) is 0 Å². The molecule has 3 aromatic carbocycles. The third kappa shape index (κ3) is 9.44. The van der Waals surface area contributed by atoms with Crippen LogP contribution in [-0.4, -0.2) is 8.42 Å². The van der Waals surface area contributed by atoms with Gasteiger partial charge in [-0.1, -0.05) is 118 Å². The van der Waals surface area contributed by atoms with E-state index in [1.807, 2.05) is 90.1 Å². The fourth-order valence-corrected chi connectivity index (χ4v) is 4.98.